The number of hydrogen-bond donors (Lipinski definition) is 1. The van der Waals surface area contributed by atoms with Crippen molar-refractivity contribution in [1.29, 1.82) is 0 Å². The Balaban J connectivity index is 1.13. The molecule has 3 aromatic rings. The number of benzene rings is 2. The van der Waals surface area contributed by atoms with E-state index in [1.165, 1.54) is 12.1 Å². The van der Waals surface area contributed by atoms with Gasteiger partial charge in [-0.05, 0) is 67.0 Å². The van der Waals surface area contributed by atoms with Crippen molar-refractivity contribution in [2.75, 3.05) is 26.2 Å². The van der Waals surface area contributed by atoms with Crippen LogP contribution in [0.4, 0.5) is 13.2 Å². The van der Waals surface area contributed by atoms with Gasteiger partial charge in [0.2, 0.25) is 5.91 Å². The minimum absolute atomic E-state index is 0.0371. The number of aromatic nitrogens is 3. The maximum atomic E-state index is 13.1. The molecule has 2 fully saturated rings. The smallest absolute Gasteiger partial charge is 0.343 e. The van der Waals surface area contributed by atoms with Gasteiger partial charge >= 0.3 is 5.51 Å². The van der Waals surface area contributed by atoms with Gasteiger partial charge < -0.3 is 9.80 Å². The summed E-state index contributed by atoms with van der Waals surface area (Å²) in [6.45, 7) is 2.43. The Bertz CT molecular complexity index is 1440. The van der Waals surface area contributed by atoms with Crippen molar-refractivity contribution in [2.45, 2.75) is 36.1 Å². The fraction of sp³-hybridized carbons (Fsp3) is 0.440. The SMILES string of the molecule is O=C(CCc1ccc(S(=O)(=O)C(F)(F)F)cc1)N1CC[C@@H]2CN(C(=O)c3ccc4n[nH]nc4c3)C[C@@H]2CC1. The standard InChI is InChI=1S/C25H26F3N5O4S/c26-25(27,28)38(36,37)20-5-1-16(2-6-20)3-8-23(34)32-11-9-18-14-33(15-19(18)10-12-32)24(35)17-4-7-21-22(13-17)30-31-29-21/h1-2,4-7,13,18-19H,3,8-12,14-15H2,(H,29,30,31)/t18-,19+. The Morgan fingerprint density at radius 1 is 0.921 bits per heavy atom. The van der Waals surface area contributed by atoms with Gasteiger partial charge in [0.1, 0.15) is 11.0 Å². The minimum atomic E-state index is -5.39. The van der Waals surface area contributed by atoms with E-state index in [-0.39, 0.29) is 18.2 Å². The van der Waals surface area contributed by atoms with Crippen LogP contribution in [0, 0.1) is 11.8 Å². The third-order valence-corrected chi connectivity index (χ3v) is 8.99. The van der Waals surface area contributed by atoms with Gasteiger partial charge in [-0.25, -0.2) is 8.42 Å². The highest BCUT2D eigenvalue weighted by molar-refractivity contribution is 7.92. The van der Waals surface area contributed by atoms with Crippen molar-refractivity contribution in [3.05, 3.63) is 53.6 Å². The molecule has 0 spiro atoms. The van der Waals surface area contributed by atoms with Crippen molar-refractivity contribution in [2.24, 2.45) is 11.8 Å². The summed E-state index contributed by atoms with van der Waals surface area (Å²) in [6, 6.07) is 9.72. The van der Waals surface area contributed by atoms with Gasteiger partial charge in [-0.3, -0.25) is 9.59 Å². The molecule has 38 heavy (non-hydrogen) atoms. The molecule has 0 radical (unpaired) electrons. The molecule has 2 aliphatic heterocycles. The number of sulfone groups is 1. The number of fused-ring (bicyclic) bond motifs is 2. The van der Waals surface area contributed by atoms with Gasteiger partial charge in [-0.1, -0.05) is 12.1 Å². The van der Waals surface area contributed by atoms with Crippen LogP contribution in [-0.4, -0.2) is 77.1 Å². The summed E-state index contributed by atoms with van der Waals surface area (Å²) in [6.07, 6.45) is 2.04. The summed E-state index contributed by atoms with van der Waals surface area (Å²) in [4.78, 5) is 28.8. The maximum absolute atomic E-state index is 13.1. The highest BCUT2D eigenvalue weighted by Crippen LogP contribution is 2.33. The maximum Gasteiger partial charge on any atom is 0.501 e. The quantitative estimate of drug-likeness (QED) is 0.523. The van der Waals surface area contributed by atoms with Crippen molar-refractivity contribution in [3.8, 4) is 0 Å². The monoisotopic (exact) mass is 549 g/mol. The molecule has 2 aromatic carbocycles. The number of amides is 2. The molecule has 2 atom stereocenters. The van der Waals surface area contributed by atoms with Crippen molar-refractivity contribution in [1.82, 2.24) is 25.2 Å². The molecular weight excluding hydrogens is 523 g/mol. The van der Waals surface area contributed by atoms with E-state index in [1.807, 2.05) is 9.80 Å². The zero-order chi connectivity index (χ0) is 27.1. The Kier molecular flexibility index (Phi) is 6.88. The summed E-state index contributed by atoms with van der Waals surface area (Å²) in [5, 5.41) is 10.6. The number of H-pyrrole nitrogens is 1. The van der Waals surface area contributed by atoms with Gasteiger partial charge in [0.15, 0.2) is 0 Å². The lowest BCUT2D eigenvalue weighted by Crippen LogP contribution is -2.34. The fourth-order valence-electron chi connectivity index (χ4n) is 5.30. The molecule has 3 heterocycles. The molecule has 0 saturated carbocycles. The minimum Gasteiger partial charge on any atom is -0.343 e. The summed E-state index contributed by atoms with van der Waals surface area (Å²) in [7, 11) is -5.39. The topological polar surface area (TPSA) is 116 Å². The van der Waals surface area contributed by atoms with Gasteiger partial charge in [0.25, 0.3) is 15.7 Å². The Hall–Kier alpha value is -3.48. The molecule has 2 saturated heterocycles. The van der Waals surface area contributed by atoms with Crippen molar-refractivity contribution in [3.63, 3.8) is 0 Å². The number of nitrogens with one attached hydrogen (secondary N) is 1. The summed E-state index contributed by atoms with van der Waals surface area (Å²) < 4.78 is 61.2. The van der Waals surface area contributed by atoms with Crippen LogP contribution in [0.15, 0.2) is 47.4 Å². The number of hydrogen-bond acceptors (Lipinski definition) is 6. The normalized spacial score (nSPS) is 20.4. The third kappa shape index (κ3) is 5.11. The van der Waals surface area contributed by atoms with E-state index < -0.39 is 20.2 Å². The number of carbonyl (C=O) groups is 2. The lowest BCUT2D eigenvalue weighted by molar-refractivity contribution is -0.131. The molecular formula is C25H26F3N5O4S. The number of alkyl halides is 3. The van der Waals surface area contributed by atoms with E-state index in [0.29, 0.717) is 66.6 Å². The zero-order valence-corrected chi connectivity index (χ0v) is 21.1. The third-order valence-electron chi connectivity index (χ3n) is 7.49. The van der Waals surface area contributed by atoms with Crippen LogP contribution in [0.5, 0.6) is 0 Å². The lowest BCUT2D eigenvalue weighted by atomic mass is 9.92. The van der Waals surface area contributed by atoms with Crippen LogP contribution in [0.2, 0.25) is 0 Å². The van der Waals surface area contributed by atoms with Crippen LogP contribution in [0.25, 0.3) is 11.0 Å². The van der Waals surface area contributed by atoms with Crippen LogP contribution in [0.1, 0.15) is 35.2 Å². The zero-order valence-electron chi connectivity index (χ0n) is 20.3. The van der Waals surface area contributed by atoms with Crippen LogP contribution in [0.3, 0.4) is 0 Å². The molecule has 1 N–H and O–H groups in total. The highest BCUT2D eigenvalue weighted by Gasteiger charge is 2.46. The van der Waals surface area contributed by atoms with Crippen LogP contribution >= 0.6 is 0 Å². The second kappa shape index (κ2) is 10.0. The second-order valence-electron chi connectivity index (χ2n) is 9.81. The molecule has 0 aliphatic carbocycles. The average Bonchev–Trinajstić information content (AvgIpc) is 3.48. The molecule has 0 unspecified atom stereocenters. The number of aromatic amines is 1. The number of halogens is 3. The van der Waals surface area contributed by atoms with E-state index in [1.54, 1.807) is 18.2 Å². The first kappa shape index (κ1) is 26.1. The lowest BCUT2D eigenvalue weighted by Gasteiger charge is -2.22. The van der Waals surface area contributed by atoms with E-state index in [4.69, 9.17) is 0 Å². The van der Waals surface area contributed by atoms with Gasteiger partial charge in [-0.2, -0.15) is 28.6 Å². The van der Waals surface area contributed by atoms with E-state index in [9.17, 15) is 31.2 Å². The highest BCUT2D eigenvalue weighted by atomic mass is 32.2. The largest absolute Gasteiger partial charge is 0.501 e. The first-order valence-electron chi connectivity index (χ1n) is 12.3. The molecule has 5 rings (SSSR count). The molecule has 13 heteroatoms. The number of likely N-dealkylation sites (tertiary alicyclic amines) is 2. The first-order valence-corrected chi connectivity index (χ1v) is 13.8. The molecule has 2 amide bonds. The van der Waals surface area contributed by atoms with E-state index in [2.05, 4.69) is 15.4 Å². The Morgan fingerprint density at radius 3 is 2.18 bits per heavy atom. The predicted molar refractivity (Wildman–Crippen MR) is 131 cm³/mol. The van der Waals surface area contributed by atoms with Crippen LogP contribution in [-0.2, 0) is 21.1 Å². The van der Waals surface area contributed by atoms with E-state index >= 15 is 0 Å². The fourth-order valence-corrected chi connectivity index (χ4v) is 6.06. The van der Waals surface area contributed by atoms with Crippen molar-refractivity contribution < 1.29 is 31.2 Å². The Labute approximate surface area is 216 Å². The summed E-state index contributed by atoms with van der Waals surface area (Å²) in [5.74, 6) is 0.516. The molecule has 1 aromatic heterocycles. The number of carbonyl (C=O) groups excluding carboxylic acids is 2. The molecule has 0 bridgehead atoms. The van der Waals surface area contributed by atoms with Crippen molar-refractivity contribution >= 4 is 32.7 Å². The first-order chi connectivity index (χ1) is 18.0. The van der Waals surface area contributed by atoms with Gasteiger partial charge in [-0.15, -0.1) is 0 Å². The average molecular weight is 550 g/mol. The predicted octanol–water partition coefficient (Wildman–Crippen LogP) is 3.19. The number of aryl methyl sites for hydroxylation is 1. The second-order valence-corrected chi connectivity index (χ2v) is 11.7. The summed E-state index contributed by atoms with van der Waals surface area (Å²) >= 11 is 0. The molecule has 9 nitrogen and oxygen atoms in total. The summed E-state index contributed by atoms with van der Waals surface area (Å²) in [5.41, 5.74) is -2.86. The Morgan fingerprint density at radius 2 is 1.55 bits per heavy atom. The van der Waals surface area contributed by atoms with Crippen LogP contribution < -0.4 is 0 Å². The number of nitrogens with zero attached hydrogens (tertiary/aromatic N) is 4. The van der Waals surface area contributed by atoms with E-state index in [0.717, 1.165) is 25.0 Å². The van der Waals surface area contributed by atoms with Gasteiger partial charge in [0, 0.05) is 38.2 Å². The molecule has 202 valence electrons. The molecule has 2 aliphatic rings. The van der Waals surface area contributed by atoms with Gasteiger partial charge in [0.05, 0.1) is 4.90 Å². The number of rotatable bonds is 5.